The van der Waals surface area contributed by atoms with E-state index in [-0.39, 0.29) is 47.5 Å². The summed E-state index contributed by atoms with van der Waals surface area (Å²) < 4.78 is 0. The topological polar surface area (TPSA) is 133 Å². The number of nitrogens with one attached hydrogen (secondary N) is 3. The van der Waals surface area contributed by atoms with Crippen LogP contribution in [0.2, 0.25) is 0 Å². The van der Waals surface area contributed by atoms with E-state index in [0.717, 1.165) is 18.4 Å². The number of hydrogen-bond donors (Lipinski definition) is 3. The Labute approximate surface area is 267 Å². The van der Waals surface area contributed by atoms with Gasteiger partial charge in [-0.1, -0.05) is 64.4 Å². The molecule has 236 valence electrons. The average molecular weight is 639 g/mol. The Morgan fingerprint density at radius 1 is 0.955 bits per heavy atom. The molecule has 0 saturated carbocycles. The van der Waals surface area contributed by atoms with Crippen molar-refractivity contribution in [3.8, 4) is 0 Å². The van der Waals surface area contributed by atoms with E-state index in [4.69, 9.17) is 0 Å². The van der Waals surface area contributed by atoms with Crippen LogP contribution in [0, 0.1) is 11.8 Å². The van der Waals surface area contributed by atoms with Crippen LogP contribution in [0.4, 0.5) is 0 Å². The standard InChI is InChI=1S/C32H42N6O4S2/c1-20(2)10-8-13-27(40)38-15-9-14-33-29(41)24-18-44-32(36-24)28(21(3)4)37-30(42)25-19-43-31(35-25)23(34-26(39)17-38)16-22-11-6-5-7-12-22/h5-7,11-12,18-21,23,28H,8-10,13-17H2,1-4H3,(H,33,41)(H,34,39)(H,37,42)/t23-,28-/m0/s1. The molecule has 2 aromatic heterocycles. The summed E-state index contributed by atoms with van der Waals surface area (Å²) >= 11 is 2.64. The quantitative estimate of drug-likeness (QED) is 0.337. The highest BCUT2D eigenvalue weighted by molar-refractivity contribution is 7.10. The van der Waals surface area contributed by atoms with Gasteiger partial charge in [-0.2, -0.15) is 0 Å². The molecule has 12 heteroatoms. The number of hydrogen-bond acceptors (Lipinski definition) is 8. The lowest BCUT2D eigenvalue weighted by molar-refractivity contribution is -0.136. The van der Waals surface area contributed by atoms with Crippen LogP contribution < -0.4 is 16.0 Å². The first kappa shape index (κ1) is 33.3. The van der Waals surface area contributed by atoms with Crippen LogP contribution in [-0.4, -0.2) is 58.1 Å². The smallest absolute Gasteiger partial charge is 0.271 e. The predicted molar refractivity (Wildman–Crippen MR) is 173 cm³/mol. The van der Waals surface area contributed by atoms with E-state index in [9.17, 15) is 19.2 Å². The normalized spacial score (nSPS) is 18.7. The molecule has 1 aliphatic heterocycles. The van der Waals surface area contributed by atoms with Crippen LogP contribution in [0.3, 0.4) is 0 Å². The number of fused-ring (bicyclic) bond motifs is 4. The van der Waals surface area contributed by atoms with Crippen molar-refractivity contribution in [2.24, 2.45) is 11.8 Å². The van der Waals surface area contributed by atoms with Crippen molar-refractivity contribution in [2.75, 3.05) is 19.6 Å². The molecule has 4 amide bonds. The zero-order valence-corrected chi connectivity index (χ0v) is 27.4. The van der Waals surface area contributed by atoms with Crippen molar-refractivity contribution in [3.05, 3.63) is 68.1 Å². The number of benzene rings is 1. The van der Waals surface area contributed by atoms with Gasteiger partial charge in [0.1, 0.15) is 21.4 Å². The molecule has 4 bridgehead atoms. The highest BCUT2D eigenvalue weighted by Crippen LogP contribution is 2.27. The monoisotopic (exact) mass is 638 g/mol. The van der Waals surface area contributed by atoms with E-state index >= 15 is 0 Å². The Balaban J connectivity index is 1.63. The molecule has 3 aromatic rings. The number of amides is 4. The van der Waals surface area contributed by atoms with Gasteiger partial charge < -0.3 is 20.9 Å². The van der Waals surface area contributed by atoms with Crippen molar-refractivity contribution in [1.82, 2.24) is 30.8 Å². The van der Waals surface area contributed by atoms with Crippen molar-refractivity contribution in [1.29, 1.82) is 0 Å². The molecule has 0 unspecified atom stereocenters. The third-order valence-corrected chi connectivity index (χ3v) is 9.28. The van der Waals surface area contributed by atoms with Crippen molar-refractivity contribution >= 4 is 46.3 Å². The fourth-order valence-corrected chi connectivity index (χ4v) is 6.82. The Kier molecular flexibility index (Phi) is 12.0. The average Bonchev–Trinajstić information content (AvgIpc) is 3.68. The summed E-state index contributed by atoms with van der Waals surface area (Å²) in [6, 6.07) is 8.88. The first-order chi connectivity index (χ1) is 21.1. The lowest BCUT2D eigenvalue weighted by Gasteiger charge is -2.24. The number of thiazole rings is 2. The van der Waals surface area contributed by atoms with Gasteiger partial charge in [0.15, 0.2) is 0 Å². The van der Waals surface area contributed by atoms with Crippen LogP contribution >= 0.6 is 22.7 Å². The van der Waals surface area contributed by atoms with E-state index in [1.807, 2.05) is 44.2 Å². The third-order valence-electron chi connectivity index (χ3n) is 7.39. The number of carbonyl (C=O) groups is 4. The highest BCUT2D eigenvalue weighted by Gasteiger charge is 2.27. The summed E-state index contributed by atoms with van der Waals surface area (Å²) in [6.45, 7) is 8.75. The third kappa shape index (κ3) is 9.43. The highest BCUT2D eigenvalue weighted by atomic mass is 32.1. The van der Waals surface area contributed by atoms with Gasteiger partial charge >= 0.3 is 0 Å². The van der Waals surface area contributed by atoms with Crippen molar-refractivity contribution < 1.29 is 19.2 Å². The minimum absolute atomic E-state index is 0.0161. The van der Waals surface area contributed by atoms with Crippen LogP contribution in [0.15, 0.2) is 41.1 Å². The van der Waals surface area contributed by atoms with E-state index in [0.29, 0.717) is 48.3 Å². The zero-order valence-electron chi connectivity index (χ0n) is 25.8. The molecule has 0 saturated heterocycles. The van der Waals surface area contributed by atoms with E-state index in [1.54, 1.807) is 15.7 Å². The van der Waals surface area contributed by atoms with Crippen LogP contribution in [0.1, 0.15) is 102 Å². The molecule has 0 spiro atoms. The number of aromatic nitrogens is 2. The van der Waals surface area contributed by atoms with Crippen molar-refractivity contribution in [3.63, 3.8) is 0 Å². The summed E-state index contributed by atoms with van der Waals surface area (Å²) in [4.78, 5) is 63.6. The fourth-order valence-electron chi connectivity index (χ4n) is 4.95. The Bertz CT molecular complexity index is 1420. The van der Waals surface area contributed by atoms with E-state index in [2.05, 4.69) is 39.8 Å². The lowest BCUT2D eigenvalue weighted by Crippen LogP contribution is -2.43. The second-order valence-corrected chi connectivity index (χ2v) is 13.6. The van der Waals surface area contributed by atoms with Gasteiger partial charge in [0.2, 0.25) is 11.8 Å². The maximum absolute atomic E-state index is 13.5. The minimum Gasteiger partial charge on any atom is -0.351 e. The van der Waals surface area contributed by atoms with Crippen LogP contribution in [0.25, 0.3) is 0 Å². The Hall–Kier alpha value is -3.64. The maximum Gasteiger partial charge on any atom is 0.271 e. The van der Waals surface area contributed by atoms with E-state index < -0.39 is 12.1 Å². The summed E-state index contributed by atoms with van der Waals surface area (Å²) in [6.07, 6.45) is 2.99. The molecule has 4 rings (SSSR count). The van der Waals surface area contributed by atoms with Gasteiger partial charge in [0.25, 0.3) is 11.8 Å². The molecular formula is C32H42N6O4S2. The predicted octanol–water partition coefficient (Wildman–Crippen LogP) is 4.92. The van der Waals surface area contributed by atoms with Gasteiger partial charge in [0.05, 0.1) is 18.6 Å². The summed E-state index contributed by atoms with van der Waals surface area (Å²) in [5.41, 5.74) is 1.54. The van der Waals surface area contributed by atoms with Crippen LogP contribution in [0.5, 0.6) is 0 Å². The molecule has 3 N–H and O–H groups in total. The molecular weight excluding hydrogens is 597 g/mol. The molecule has 0 radical (unpaired) electrons. The summed E-state index contributed by atoms with van der Waals surface area (Å²) in [5, 5.41) is 13.6. The summed E-state index contributed by atoms with van der Waals surface area (Å²) in [7, 11) is 0. The second-order valence-electron chi connectivity index (χ2n) is 11.9. The molecule has 1 aromatic carbocycles. The molecule has 3 heterocycles. The molecule has 10 nitrogen and oxygen atoms in total. The molecule has 0 aliphatic carbocycles. The lowest BCUT2D eigenvalue weighted by atomic mass is 10.0. The zero-order chi connectivity index (χ0) is 31.6. The summed E-state index contributed by atoms with van der Waals surface area (Å²) in [5.74, 6) is -0.567. The SMILES string of the molecule is CC(C)CCCC(=O)N1CCCNC(=O)c2csc(n2)[C@H](C(C)C)NC(=O)c2csc(n2)[C@H](Cc2ccccc2)NC(=O)C1. The molecule has 0 fully saturated rings. The fraction of sp³-hybridized carbons (Fsp3) is 0.500. The number of rotatable bonds is 7. The molecule has 1 aliphatic rings. The van der Waals surface area contributed by atoms with Gasteiger partial charge in [-0.25, -0.2) is 9.97 Å². The largest absolute Gasteiger partial charge is 0.351 e. The molecule has 44 heavy (non-hydrogen) atoms. The van der Waals surface area contributed by atoms with Gasteiger partial charge in [-0.15, -0.1) is 22.7 Å². The maximum atomic E-state index is 13.5. The Morgan fingerprint density at radius 2 is 1.64 bits per heavy atom. The van der Waals surface area contributed by atoms with Gasteiger partial charge in [-0.3, -0.25) is 19.2 Å². The first-order valence-electron chi connectivity index (χ1n) is 15.2. The number of carbonyl (C=O) groups excluding carboxylic acids is 4. The van der Waals surface area contributed by atoms with Crippen molar-refractivity contribution in [2.45, 2.75) is 71.9 Å². The Morgan fingerprint density at radius 3 is 2.34 bits per heavy atom. The van der Waals surface area contributed by atoms with E-state index in [1.165, 1.54) is 22.7 Å². The first-order valence-corrected chi connectivity index (χ1v) is 17.0. The van der Waals surface area contributed by atoms with Gasteiger partial charge in [-0.05, 0) is 36.7 Å². The number of nitrogens with zero attached hydrogens (tertiary/aromatic N) is 3. The van der Waals surface area contributed by atoms with Crippen LogP contribution in [-0.2, 0) is 16.0 Å². The molecule has 2 atom stereocenters. The second kappa shape index (κ2) is 15.9. The minimum atomic E-state index is -0.488. The van der Waals surface area contributed by atoms with Gasteiger partial charge in [0, 0.05) is 30.3 Å².